The van der Waals surface area contributed by atoms with E-state index < -0.39 is 148 Å². The second-order valence-electron chi connectivity index (χ2n) is 26.5. The van der Waals surface area contributed by atoms with Crippen molar-refractivity contribution in [3.8, 4) is 0 Å². The highest BCUT2D eigenvalue weighted by molar-refractivity contribution is 5.35. The molecule has 10 rings (SSSR count). The molecule has 0 aromatic heterocycles. The lowest BCUT2D eigenvalue weighted by Gasteiger charge is -2.73. The fourth-order valence-electron chi connectivity index (χ4n) is 17.1. The molecule has 430 valence electrons. The Hall–Kier alpha value is -1.10. The predicted molar refractivity (Wildman–Crippen MR) is 259 cm³/mol. The van der Waals surface area contributed by atoms with Gasteiger partial charge in [-0.2, -0.15) is 0 Å². The number of rotatable bonds is 11. The maximum atomic E-state index is 12.0. The van der Waals surface area contributed by atoms with Crippen molar-refractivity contribution in [3.63, 3.8) is 0 Å². The van der Waals surface area contributed by atoms with Crippen LogP contribution in [-0.2, 0) is 42.6 Å². The molecule has 1 spiro atoms. The Morgan fingerprint density at radius 2 is 1.09 bits per heavy atom. The van der Waals surface area contributed by atoms with Gasteiger partial charge in [-0.05, 0) is 105 Å². The summed E-state index contributed by atoms with van der Waals surface area (Å²) in [6.07, 6.45) is -20.1. The summed E-state index contributed by atoms with van der Waals surface area (Å²) in [5.41, 5.74) is -1.14. The number of ether oxygens (including phenoxy) is 9. The summed E-state index contributed by atoms with van der Waals surface area (Å²) >= 11 is 0. The van der Waals surface area contributed by atoms with Crippen molar-refractivity contribution in [2.45, 2.75) is 248 Å². The molecule has 10 aliphatic rings. The van der Waals surface area contributed by atoms with Crippen LogP contribution in [0.2, 0.25) is 0 Å². The molecule has 21 heteroatoms. The van der Waals surface area contributed by atoms with Crippen LogP contribution in [0.25, 0.3) is 0 Å². The monoisotopic (exact) mass is 1070 g/mol. The van der Waals surface area contributed by atoms with E-state index >= 15 is 0 Å². The Morgan fingerprint density at radius 1 is 0.520 bits per heavy atom. The van der Waals surface area contributed by atoms with Crippen LogP contribution in [0.5, 0.6) is 0 Å². The molecule has 0 amide bonds. The molecule has 5 heterocycles. The van der Waals surface area contributed by atoms with Crippen LogP contribution >= 0.6 is 0 Å². The first kappa shape index (κ1) is 57.1. The summed E-state index contributed by atoms with van der Waals surface area (Å²) in [7, 11) is 0. The Labute approximate surface area is 439 Å². The molecule has 0 radical (unpaired) electrons. The van der Waals surface area contributed by atoms with Crippen LogP contribution in [-0.4, -0.2) is 222 Å². The Morgan fingerprint density at radius 3 is 1.77 bits per heavy atom. The van der Waals surface area contributed by atoms with Gasteiger partial charge in [0.15, 0.2) is 25.2 Å². The number of fused-ring (bicyclic) bond motifs is 4. The van der Waals surface area contributed by atoms with Gasteiger partial charge in [0.1, 0.15) is 85.5 Å². The molecule has 5 aliphatic heterocycles. The van der Waals surface area contributed by atoms with E-state index in [4.69, 9.17) is 42.6 Å². The number of hydrogen-bond acceptors (Lipinski definition) is 21. The van der Waals surface area contributed by atoms with Gasteiger partial charge in [-0.25, -0.2) is 0 Å². The van der Waals surface area contributed by atoms with Crippen molar-refractivity contribution >= 4 is 0 Å². The fourth-order valence-corrected chi connectivity index (χ4v) is 17.1. The highest BCUT2D eigenvalue weighted by atomic mass is 16.8. The smallest absolute Gasteiger partial charge is 0.187 e. The maximum absolute atomic E-state index is 12.0. The zero-order valence-electron chi connectivity index (χ0n) is 44.7. The molecule has 4 saturated carbocycles. The van der Waals surface area contributed by atoms with Gasteiger partial charge in [0.05, 0.1) is 50.3 Å². The number of aliphatic hydroxyl groups excluding tert-OH is 12. The van der Waals surface area contributed by atoms with E-state index in [0.29, 0.717) is 12.3 Å². The molecule has 30 atom stereocenters. The van der Waals surface area contributed by atoms with Gasteiger partial charge in [0.25, 0.3) is 0 Å². The first-order chi connectivity index (χ1) is 35.2. The number of hydrogen-bond donors (Lipinski definition) is 12. The molecular weight excluding hydrogens is 985 g/mol. The van der Waals surface area contributed by atoms with Gasteiger partial charge in [0, 0.05) is 16.7 Å². The summed E-state index contributed by atoms with van der Waals surface area (Å²) in [5, 5.41) is 132. The minimum atomic E-state index is -1.98. The summed E-state index contributed by atoms with van der Waals surface area (Å²) < 4.78 is 56.2. The zero-order chi connectivity index (χ0) is 54.3. The molecule has 21 nitrogen and oxygen atoms in total. The lowest BCUT2D eigenvalue weighted by Crippen LogP contribution is -2.71. The topological polar surface area (TPSA) is 326 Å². The third-order valence-electron chi connectivity index (χ3n) is 22.1. The first-order valence-corrected chi connectivity index (χ1v) is 27.7. The lowest BCUT2D eigenvalue weighted by atomic mass is 9.32. The summed E-state index contributed by atoms with van der Waals surface area (Å²) in [6.45, 7) is 16.1. The van der Waals surface area contributed by atoms with Gasteiger partial charge in [0.2, 0.25) is 0 Å². The molecule has 30 unspecified atom stereocenters. The molecule has 0 aromatic carbocycles. The standard InChI is InChI=1S/C54H88O21/c1-24-32(58)35(61)38(64)44(68-24)74-42-33(59)25(2)69-47(43(42)75-46-39(65)36(62)34(60)26(20-55)70-46)73-41-27(21-56)71-45(40(66)37(41)63)72-31-11-12-49(5)28(50(31,6)22-57)9-13-51(7)29(49)10-14-54-30-19-48(3,4)15-17-53(30,23-67-54)18-16-52(51,54)8/h10,14,24-47,55-66H,9,11-13,15-23H2,1-8H3. The van der Waals surface area contributed by atoms with Crippen molar-refractivity contribution in [2.24, 2.45) is 50.2 Å². The van der Waals surface area contributed by atoms with Crippen LogP contribution in [0.3, 0.4) is 0 Å². The van der Waals surface area contributed by atoms with Crippen LogP contribution < -0.4 is 0 Å². The van der Waals surface area contributed by atoms with E-state index in [1.165, 1.54) is 33.1 Å². The van der Waals surface area contributed by atoms with Gasteiger partial charge in [-0.1, -0.05) is 53.7 Å². The largest absolute Gasteiger partial charge is 0.396 e. The van der Waals surface area contributed by atoms with Gasteiger partial charge in [-0.15, -0.1) is 0 Å². The van der Waals surface area contributed by atoms with Crippen molar-refractivity contribution in [1.29, 1.82) is 0 Å². The lowest BCUT2D eigenvalue weighted by molar-refractivity contribution is -0.405. The normalized spacial score (nSPS) is 58.3. The number of aliphatic hydroxyl groups is 12. The van der Waals surface area contributed by atoms with Crippen molar-refractivity contribution < 1.29 is 104 Å². The second-order valence-corrected chi connectivity index (χ2v) is 26.5. The Kier molecular flexibility index (Phi) is 15.3. The van der Waals surface area contributed by atoms with E-state index in [9.17, 15) is 61.3 Å². The molecule has 12 N–H and O–H groups in total. The third kappa shape index (κ3) is 8.64. The second kappa shape index (κ2) is 20.1. The molecule has 5 saturated heterocycles. The minimum Gasteiger partial charge on any atom is -0.396 e. The summed E-state index contributed by atoms with van der Waals surface area (Å²) in [5.74, 6) is 0.626. The highest BCUT2D eigenvalue weighted by Crippen LogP contribution is 2.79. The Bertz CT molecular complexity index is 2070. The van der Waals surface area contributed by atoms with Crippen LogP contribution in [0.1, 0.15) is 113 Å². The third-order valence-corrected chi connectivity index (χ3v) is 22.1. The van der Waals surface area contributed by atoms with Gasteiger partial charge in [-0.3, -0.25) is 0 Å². The minimum absolute atomic E-state index is 0.0152. The van der Waals surface area contributed by atoms with E-state index in [2.05, 4.69) is 46.8 Å². The predicted octanol–water partition coefficient (Wildman–Crippen LogP) is -0.518. The number of allylic oxidation sites excluding steroid dienone is 1. The SMILES string of the molecule is CC1OC(OC2C(O)C(C)OC(OC3C(CO)OC(OC4CCC5(C)C(CCC6(C)C5C=CC57OCC8(CCC(C)(C)CC85)CCC67C)C4(C)CO)C(O)C3O)C2OC2OC(CO)C(O)C(O)C2O)C(O)C(O)C1O. The Balaban J connectivity index is 0.881. The maximum Gasteiger partial charge on any atom is 0.187 e. The first-order valence-electron chi connectivity index (χ1n) is 27.7. The highest BCUT2D eigenvalue weighted by Gasteiger charge is 2.77. The van der Waals surface area contributed by atoms with Crippen LogP contribution in [0, 0.1) is 50.2 Å². The molecule has 9 fully saturated rings. The molecule has 5 aliphatic carbocycles. The molecular formula is C54H88O21. The van der Waals surface area contributed by atoms with E-state index in [1.54, 1.807) is 0 Å². The van der Waals surface area contributed by atoms with E-state index in [-0.39, 0.29) is 51.1 Å². The fraction of sp³-hybridized carbons (Fsp3) is 0.963. The van der Waals surface area contributed by atoms with E-state index in [0.717, 1.165) is 38.7 Å². The van der Waals surface area contributed by atoms with E-state index in [1.807, 2.05) is 6.92 Å². The van der Waals surface area contributed by atoms with Crippen molar-refractivity contribution in [2.75, 3.05) is 26.4 Å². The van der Waals surface area contributed by atoms with Crippen molar-refractivity contribution in [3.05, 3.63) is 12.2 Å². The van der Waals surface area contributed by atoms with Crippen molar-refractivity contribution in [1.82, 2.24) is 0 Å². The molecule has 75 heavy (non-hydrogen) atoms. The average Bonchev–Trinajstić information content (AvgIpc) is 3.62. The quantitative estimate of drug-likeness (QED) is 0.0915. The zero-order valence-corrected chi connectivity index (χ0v) is 44.7. The van der Waals surface area contributed by atoms with Crippen LogP contribution in [0.15, 0.2) is 12.2 Å². The average molecular weight is 1070 g/mol. The molecule has 0 aromatic rings. The van der Waals surface area contributed by atoms with Gasteiger partial charge >= 0.3 is 0 Å². The summed E-state index contributed by atoms with van der Waals surface area (Å²) in [6, 6.07) is 0. The van der Waals surface area contributed by atoms with Crippen LogP contribution in [0.4, 0.5) is 0 Å². The van der Waals surface area contributed by atoms with Gasteiger partial charge < -0.3 is 104 Å². The summed E-state index contributed by atoms with van der Waals surface area (Å²) in [4.78, 5) is 0. The molecule has 2 bridgehead atoms.